The van der Waals surface area contributed by atoms with Crippen molar-refractivity contribution < 1.29 is 23.9 Å². The first-order valence-electron chi connectivity index (χ1n) is 12.0. The number of urea groups is 1. The Kier molecular flexibility index (Phi) is 6.41. The van der Waals surface area contributed by atoms with E-state index in [1.165, 1.54) is 0 Å². The van der Waals surface area contributed by atoms with Gasteiger partial charge in [0.25, 0.3) is 5.91 Å². The van der Waals surface area contributed by atoms with Gasteiger partial charge in [-0.2, -0.15) is 0 Å². The normalized spacial score (nSPS) is 15.8. The van der Waals surface area contributed by atoms with Gasteiger partial charge in [0.15, 0.2) is 11.5 Å². The van der Waals surface area contributed by atoms with Crippen LogP contribution in [0, 0.1) is 5.92 Å². The third-order valence-corrected chi connectivity index (χ3v) is 6.48. The molecule has 1 fully saturated rings. The predicted octanol–water partition coefficient (Wildman–Crippen LogP) is 3.03. The Bertz CT molecular complexity index is 1260. The van der Waals surface area contributed by atoms with Crippen molar-refractivity contribution in [2.45, 2.75) is 19.9 Å². The third-order valence-electron chi connectivity index (χ3n) is 6.48. The molecule has 1 aromatic heterocycles. The Morgan fingerprint density at radius 1 is 0.917 bits per heavy atom. The minimum atomic E-state index is -0.728. The van der Waals surface area contributed by atoms with Crippen LogP contribution in [-0.4, -0.2) is 71.6 Å². The zero-order valence-corrected chi connectivity index (χ0v) is 20.2. The Morgan fingerprint density at radius 3 is 2.39 bits per heavy atom. The number of nitrogens with zero attached hydrogens (tertiary/aromatic N) is 2. The number of carbonyl (C=O) groups excluding carboxylic acids is 3. The molecule has 36 heavy (non-hydrogen) atoms. The molecule has 2 aromatic carbocycles. The van der Waals surface area contributed by atoms with Gasteiger partial charge in [0.1, 0.15) is 11.7 Å². The minimum Gasteiger partial charge on any atom is -0.454 e. The first-order valence-corrected chi connectivity index (χ1v) is 12.0. The molecule has 2 aliphatic heterocycles. The molecule has 0 spiro atoms. The van der Waals surface area contributed by atoms with Crippen LogP contribution in [0.3, 0.4) is 0 Å². The van der Waals surface area contributed by atoms with Gasteiger partial charge in [0.2, 0.25) is 12.7 Å². The largest absolute Gasteiger partial charge is 0.454 e. The van der Waals surface area contributed by atoms with Crippen LogP contribution in [0.15, 0.2) is 48.5 Å². The number of carbonyl (C=O) groups is 3. The van der Waals surface area contributed by atoms with Crippen molar-refractivity contribution >= 4 is 34.4 Å². The molecule has 0 radical (unpaired) electrons. The van der Waals surface area contributed by atoms with Crippen LogP contribution in [-0.2, 0) is 4.79 Å². The summed E-state index contributed by atoms with van der Waals surface area (Å²) in [5, 5.41) is 6.69. The second-order valence-electron chi connectivity index (χ2n) is 9.28. The van der Waals surface area contributed by atoms with E-state index in [4.69, 9.17) is 9.47 Å². The molecular weight excluding hydrogens is 462 g/mol. The van der Waals surface area contributed by atoms with Gasteiger partial charge in [-0.1, -0.05) is 32.0 Å². The number of hydrogen-bond acceptors (Lipinski definition) is 5. The molecule has 188 valence electrons. The van der Waals surface area contributed by atoms with Crippen LogP contribution in [0.1, 0.15) is 24.3 Å². The Balaban J connectivity index is 1.16. The number of rotatable bonds is 5. The fraction of sp³-hybridized carbons (Fsp3) is 0.346. The first-order chi connectivity index (χ1) is 17.4. The van der Waals surface area contributed by atoms with Gasteiger partial charge in [0.05, 0.1) is 0 Å². The fourth-order valence-corrected chi connectivity index (χ4v) is 4.43. The number of piperazine rings is 1. The first kappa shape index (κ1) is 23.5. The average molecular weight is 492 g/mol. The number of aromatic amines is 1. The number of anilines is 1. The lowest BCUT2D eigenvalue weighted by Crippen LogP contribution is -2.57. The molecule has 0 aliphatic carbocycles. The molecule has 0 bridgehead atoms. The number of benzene rings is 2. The van der Waals surface area contributed by atoms with E-state index in [9.17, 15) is 14.4 Å². The molecule has 4 amide bonds. The predicted molar refractivity (Wildman–Crippen MR) is 134 cm³/mol. The second-order valence-corrected chi connectivity index (χ2v) is 9.28. The van der Waals surface area contributed by atoms with E-state index in [1.54, 1.807) is 28.0 Å². The molecule has 10 nitrogen and oxygen atoms in total. The summed E-state index contributed by atoms with van der Waals surface area (Å²) in [7, 11) is 0. The molecule has 1 saturated heterocycles. The summed E-state index contributed by atoms with van der Waals surface area (Å²) in [6.07, 6.45) is 0. The van der Waals surface area contributed by atoms with E-state index in [1.807, 2.05) is 44.2 Å². The number of para-hydroxylation sites is 1. The highest BCUT2D eigenvalue weighted by molar-refractivity contribution is 5.99. The lowest BCUT2D eigenvalue weighted by molar-refractivity contribution is -0.118. The SMILES string of the molecule is CC(C)[C@@H](NC(=O)N1CCN(C(=O)c2cc3ccccc3[nH]2)CC1)C(=O)Nc1ccc2c(c1)OCO2. The van der Waals surface area contributed by atoms with Gasteiger partial charge in [0, 0.05) is 48.8 Å². The van der Waals surface area contributed by atoms with Crippen molar-refractivity contribution in [3.8, 4) is 11.5 Å². The standard InChI is InChI=1S/C26H29N5O5/c1-16(2)23(24(32)27-18-7-8-21-22(14-18)36-15-35-21)29-26(34)31-11-9-30(10-12-31)25(33)20-13-17-5-3-4-6-19(17)28-20/h3-8,13-14,16,23,28H,9-12,15H2,1-2H3,(H,27,32)(H,29,34)/t23-/m1/s1. The summed E-state index contributed by atoms with van der Waals surface area (Å²) >= 11 is 0. The zero-order chi connectivity index (χ0) is 25.2. The van der Waals surface area contributed by atoms with E-state index in [2.05, 4.69) is 15.6 Å². The van der Waals surface area contributed by atoms with Crippen LogP contribution < -0.4 is 20.1 Å². The smallest absolute Gasteiger partial charge is 0.318 e. The summed E-state index contributed by atoms with van der Waals surface area (Å²) in [6, 6.07) is 13.7. The maximum Gasteiger partial charge on any atom is 0.318 e. The average Bonchev–Trinajstić information content (AvgIpc) is 3.53. The lowest BCUT2D eigenvalue weighted by atomic mass is 10.0. The summed E-state index contributed by atoms with van der Waals surface area (Å²) < 4.78 is 10.7. The Morgan fingerprint density at radius 2 is 1.64 bits per heavy atom. The van der Waals surface area contributed by atoms with Crippen molar-refractivity contribution in [3.05, 3.63) is 54.2 Å². The topological polar surface area (TPSA) is 116 Å². The maximum absolute atomic E-state index is 13.0. The monoisotopic (exact) mass is 491 g/mol. The fourth-order valence-electron chi connectivity index (χ4n) is 4.43. The van der Waals surface area contributed by atoms with Crippen LogP contribution >= 0.6 is 0 Å². The van der Waals surface area contributed by atoms with Gasteiger partial charge < -0.3 is 34.9 Å². The minimum absolute atomic E-state index is 0.0885. The number of ether oxygens (including phenoxy) is 2. The van der Waals surface area contributed by atoms with Crippen molar-refractivity contribution in [2.75, 3.05) is 38.3 Å². The molecule has 0 saturated carbocycles. The highest BCUT2D eigenvalue weighted by Gasteiger charge is 2.30. The van der Waals surface area contributed by atoms with Crippen molar-refractivity contribution in [2.24, 2.45) is 5.92 Å². The van der Waals surface area contributed by atoms with E-state index in [0.717, 1.165) is 10.9 Å². The van der Waals surface area contributed by atoms with Crippen LogP contribution in [0.5, 0.6) is 11.5 Å². The van der Waals surface area contributed by atoms with E-state index < -0.39 is 6.04 Å². The van der Waals surface area contributed by atoms with Crippen molar-refractivity contribution in [3.63, 3.8) is 0 Å². The highest BCUT2D eigenvalue weighted by Crippen LogP contribution is 2.34. The van der Waals surface area contributed by atoms with E-state index >= 15 is 0 Å². The number of amides is 4. The highest BCUT2D eigenvalue weighted by atomic mass is 16.7. The number of hydrogen-bond donors (Lipinski definition) is 3. The number of nitrogens with one attached hydrogen (secondary N) is 3. The third kappa shape index (κ3) is 4.79. The summed E-state index contributed by atoms with van der Waals surface area (Å²) in [6.45, 7) is 5.49. The molecule has 10 heteroatoms. The van der Waals surface area contributed by atoms with E-state index in [-0.39, 0.29) is 30.6 Å². The maximum atomic E-state index is 13.0. The second kappa shape index (κ2) is 9.80. The lowest BCUT2D eigenvalue weighted by Gasteiger charge is -2.35. The van der Waals surface area contributed by atoms with Crippen molar-refractivity contribution in [1.29, 1.82) is 0 Å². The molecule has 3 aromatic rings. The van der Waals surface area contributed by atoms with Gasteiger partial charge in [-0.05, 0) is 30.2 Å². The quantitative estimate of drug-likeness (QED) is 0.507. The summed E-state index contributed by atoms with van der Waals surface area (Å²) in [5.41, 5.74) is 2.01. The zero-order valence-electron chi connectivity index (χ0n) is 20.2. The molecule has 0 unspecified atom stereocenters. The summed E-state index contributed by atoms with van der Waals surface area (Å²) in [5.74, 6) is 0.661. The summed E-state index contributed by atoms with van der Waals surface area (Å²) in [4.78, 5) is 45.4. The molecular formula is C26H29N5O5. The number of H-pyrrole nitrogens is 1. The van der Waals surface area contributed by atoms with Crippen LogP contribution in [0.2, 0.25) is 0 Å². The van der Waals surface area contributed by atoms with Gasteiger partial charge >= 0.3 is 6.03 Å². The molecule has 1 atom stereocenters. The molecule has 2 aliphatic rings. The van der Waals surface area contributed by atoms with Gasteiger partial charge in [-0.3, -0.25) is 9.59 Å². The Hall–Kier alpha value is -4.21. The van der Waals surface area contributed by atoms with Gasteiger partial charge in [-0.25, -0.2) is 4.79 Å². The number of aromatic nitrogens is 1. The van der Waals surface area contributed by atoms with Crippen LogP contribution in [0.25, 0.3) is 10.9 Å². The molecule has 3 N–H and O–H groups in total. The van der Waals surface area contributed by atoms with Gasteiger partial charge in [-0.15, -0.1) is 0 Å². The van der Waals surface area contributed by atoms with E-state index in [0.29, 0.717) is 49.1 Å². The molecule has 3 heterocycles. The Labute approximate surface area is 208 Å². The number of fused-ring (bicyclic) bond motifs is 2. The van der Waals surface area contributed by atoms with Crippen LogP contribution in [0.4, 0.5) is 10.5 Å². The molecule has 5 rings (SSSR count). The van der Waals surface area contributed by atoms with Crippen molar-refractivity contribution in [1.82, 2.24) is 20.1 Å².